The van der Waals surface area contributed by atoms with Crippen LogP contribution in [0.3, 0.4) is 0 Å². The van der Waals surface area contributed by atoms with Gasteiger partial charge in [-0.15, -0.1) is 0 Å². The van der Waals surface area contributed by atoms with Crippen molar-refractivity contribution in [3.8, 4) is 0 Å². The highest BCUT2D eigenvalue weighted by atomic mass is 79.9. The first kappa shape index (κ1) is 15.5. The summed E-state index contributed by atoms with van der Waals surface area (Å²) in [7, 11) is 0. The fraction of sp³-hybridized carbons (Fsp3) is 0.294. The lowest BCUT2D eigenvalue weighted by Crippen LogP contribution is -2.10. The lowest BCUT2D eigenvalue weighted by atomic mass is 9.86. The van der Waals surface area contributed by atoms with Crippen LogP contribution in [0.2, 0.25) is 5.02 Å². The van der Waals surface area contributed by atoms with E-state index in [0.29, 0.717) is 10.6 Å². The van der Waals surface area contributed by atoms with E-state index >= 15 is 0 Å². The number of benzene rings is 2. The van der Waals surface area contributed by atoms with Crippen LogP contribution in [0.15, 0.2) is 42.5 Å². The molecular formula is C17H17BrClF. The zero-order chi connectivity index (χ0) is 14.9. The van der Waals surface area contributed by atoms with E-state index in [9.17, 15) is 4.39 Å². The quantitative estimate of drug-likeness (QED) is 0.558. The summed E-state index contributed by atoms with van der Waals surface area (Å²) in [6.07, 6.45) is 0. The maximum atomic E-state index is 13.9. The van der Waals surface area contributed by atoms with Crippen LogP contribution >= 0.6 is 27.5 Å². The molecule has 0 fully saturated rings. The summed E-state index contributed by atoms with van der Waals surface area (Å²) in [5.41, 5.74) is 2.94. The molecule has 20 heavy (non-hydrogen) atoms. The van der Waals surface area contributed by atoms with Crippen LogP contribution in [-0.2, 0) is 5.41 Å². The molecule has 0 amide bonds. The molecule has 3 heteroatoms. The third-order valence-electron chi connectivity index (χ3n) is 3.30. The smallest absolute Gasteiger partial charge is 0.127 e. The van der Waals surface area contributed by atoms with E-state index in [2.05, 4.69) is 48.8 Å². The van der Waals surface area contributed by atoms with Gasteiger partial charge in [-0.25, -0.2) is 4.39 Å². The van der Waals surface area contributed by atoms with Crippen LogP contribution in [0, 0.1) is 5.82 Å². The van der Waals surface area contributed by atoms with Gasteiger partial charge in [0.25, 0.3) is 0 Å². The number of halogens is 3. The van der Waals surface area contributed by atoms with Gasteiger partial charge in [0.1, 0.15) is 5.82 Å². The fourth-order valence-corrected chi connectivity index (χ4v) is 2.88. The maximum absolute atomic E-state index is 13.9. The molecule has 0 saturated heterocycles. The average Bonchev–Trinajstić information content (AvgIpc) is 2.40. The van der Waals surface area contributed by atoms with E-state index in [1.54, 1.807) is 12.1 Å². The van der Waals surface area contributed by atoms with Gasteiger partial charge in [0.05, 0.1) is 4.83 Å². The molecule has 2 aromatic rings. The summed E-state index contributed by atoms with van der Waals surface area (Å²) in [4.78, 5) is -0.199. The predicted octanol–water partition coefficient (Wildman–Crippen LogP) is 6.26. The Kier molecular flexibility index (Phi) is 4.55. The van der Waals surface area contributed by atoms with Crippen molar-refractivity contribution in [2.24, 2.45) is 0 Å². The number of alkyl halides is 1. The molecule has 0 aliphatic carbocycles. The van der Waals surface area contributed by atoms with Gasteiger partial charge in [0, 0.05) is 10.6 Å². The Bertz CT molecular complexity index is 599. The van der Waals surface area contributed by atoms with Gasteiger partial charge in [-0.05, 0) is 34.7 Å². The number of hydrogen-bond donors (Lipinski definition) is 0. The molecular weight excluding hydrogens is 339 g/mol. The molecule has 0 N–H and O–H groups in total. The summed E-state index contributed by atoms with van der Waals surface area (Å²) < 4.78 is 13.9. The van der Waals surface area contributed by atoms with Crippen molar-refractivity contribution in [1.29, 1.82) is 0 Å². The van der Waals surface area contributed by atoms with E-state index < -0.39 is 0 Å². The summed E-state index contributed by atoms with van der Waals surface area (Å²) >= 11 is 9.50. The molecule has 2 aromatic carbocycles. The minimum absolute atomic E-state index is 0.113. The van der Waals surface area contributed by atoms with Crippen molar-refractivity contribution in [3.63, 3.8) is 0 Å². The average molecular weight is 356 g/mol. The Labute approximate surface area is 133 Å². The van der Waals surface area contributed by atoms with Crippen LogP contribution in [0.4, 0.5) is 4.39 Å². The molecule has 0 radical (unpaired) electrons. The van der Waals surface area contributed by atoms with Crippen LogP contribution in [-0.4, -0.2) is 0 Å². The third-order valence-corrected chi connectivity index (χ3v) is 4.56. The normalized spacial score (nSPS) is 13.3. The molecule has 0 aliphatic rings. The molecule has 2 rings (SSSR count). The second-order valence-corrected chi connectivity index (χ2v) is 7.25. The molecule has 0 saturated carbocycles. The third kappa shape index (κ3) is 3.42. The second kappa shape index (κ2) is 5.87. The lowest BCUT2D eigenvalue weighted by Gasteiger charge is -2.20. The standard InChI is InChI=1S/C17H17BrClF/c1-17(2,3)12-6-4-11(5-7-12)16(18)14-10-13(19)8-9-15(14)20/h4-10,16H,1-3H3. The van der Waals surface area contributed by atoms with E-state index in [-0.39, 0.29) is 16.1 Å². The zero-order valence-electron chi connectivity index (χ0n) is 11.8. The summed E-state index contributed by atoms with van der Waals surface area (Å²) in [5, 5.41) is 0.539. The first-order chi connectivity index (χ1) is 9.29. The van der Waals surface area contributed by atoms with E-state index in [0.717, 1.165) is 5.56 Å². The Morgan fingerprint density at radius 2 is 1.65 bits per heavy atom. The molecule has 0 spiro atoms. The fourth-order valence-electron chi connectivity index (χ4n) is 2.04. The molecule has 0 nitrogen and oxygen atoms in total. The van der Waals surface area contributed by atoms with Gasteiger partial charge in [0.2, 0.25) is 0 Å². The van der Waals surface area contributed by atoms with Crippen LogP contribution in [0.1, 0.15) is 42.3 Å². The van der Waals surface area contributed by atoms with Crippen molar-refractivity contribution in [3.05, 3.63) is 70.0 Å². The lowest BCUT2D eigenvalue weighted by molar-refractivity contribution is 0.590. The van der Waals surface area contributed by atoms with Gasteiger partial charge in [-0.2, -0.15) is 0 Å². The molecule has 0 aromatic heterocycles. The summed E-state index contributed by atoms with van der Waals surface area (Å²) in [6, 6.07) is 12.9. The van der Waals surface area contributed by atoms with E-state index in [1.807, 2.05) is 12.1 Å². The Hall–Kier alpha value is -0.860. The number of hydrogen-bond acceptors (Lipinski definition) is 0. The highest BCUT2D eigenvalue weighted by Gasteiger charge is 2.17. The first-order valence-electron chi connectivity index (χ1n) is 6.48. The van der Waals surface area contributed by atoms with Crippen LogP contribution in [0.25, 0.3) is 0 Å². The summed E-state index contributed by atoms with van der Waals surface area (Å²) in [6.45, 7) is 6.51. The number of rotatable bonds is 2. The van der Waals surface area contributed by atoms with E-state index in [4.69, 9.17) is 11.6 Å². The second-order valence-electron chi connectivity index (χ2n) is 5.90. The van der Waals surface area contributed by atoms with E-state index in [1.165, 1.54) is 11.6 Å². The van der Waals surface area contributed by atoms with Gasteiger partial charge in [-0.3, -0.25) is 0 Å². The van der Waals surface area contributed by atoms with Gasteiger partial charge in [0.15, 0.2) is 0 Å². The highest BCUT2D eigenvalue weighted by molar-refractivity contribution is 9.09. The monoisotopic (exact) mass is 354 g/mol. The minimum atomic E-state index is -0.254. The van der Waals surface area contributed by atoms with Crippen molar-refractivity contribution in [2.75, 3.05) is 0 Å². The SMILES string of the molecule is CC(C)(C)c1ccc(C(Br)c2cc(Cl)ccc2F)cc1. The van der Waals surface area contributed by atoms with Crippen molar-refractivity contribution < 1.29 is 4.39 Å². The van der Waals surface area contributed by atoms with Gasteiger partial charge < -0.3 is 0 Å². The molecule has 106 valence electrons. The first-order valence-corrected chi connectivity index (χ1v) is 7.78. The Morgan fingerprint density at radius 1 is 1.05 bits per heavy atom. The Morgan fingerprint density at radius 3 is 2.20 bits per heavy atom. The van der Waals surface area contributed by atoms with Crippen LogP contribution in [0.5, 0.6) is 0 Å². The van der Waals surface area contributed by atoms with Crippen molar-refractivity contribution >= 4 is 27.5 Å². The van der Waals surface area contributed by atoms with Crippen molar-refractivity contribution in [1.82, 2.24) is 0 Å². The predicted molar refractivity (Wildman–Crippen MR) is 87.3 cm³/mol. The Balaban J connectivity index is 2.34. The highest BCUT2D eigenvalue weighted by Crippen LogP contribution is 2.34. The molecule has 1 unspecified atom stereocenters. The molecule has 0 bridgehead atoms. The van der Waals surface area contributed by atoms with Gasteiger partial charge in [-0.1, -0.05) is 72.6 Å². The van der Waals surface area contributed by atoms with Crippen molar-refractivity contribution in [2.45, 2.75) is 31.0 Å². The molecule has 0 aliphatic heterocycles. The molecule has 0 heterocycles. The summed E-state index contributed by atoms with van der Waals surface area (Å²) in [5.74, 6) is -0.254. The maximum Gasteiger partial charge on any atom is 0.127 e. The topological polar surface area (TPSA) is 0 Å². The van der Waals surface area contributed by atoms with Crippen LogP contribution < -0.4 is 0 Å². The largest absolute Gasteiger partial charge is 0.207 e. The minimum Gasteiger partial charge on any atom is -0.207 e. The molecule has 1 atom stereocenters. The zero-order valence-corrected chi connectivity index (χ0v) is 14.1. The van der Waals surface area contributed by atoms with Gasteiger partial charge >= 0.3 is 0 Å².